The Kier molecular flexibility index (Phi) is 4.12. The van der Waals surface area contributed by atoms with E-state index in [9.17, 15) is 4.79 Å². The van der Waals surface area contributed by atoms with E-state index in [1.54, 1.807) is 12.4 Å². The Morgan fingerprint density at radius 2 is 2.11 bits per heavy atom. The van der Waals surface area contributed by atoms with Crippen LogP contribution >= 0.6 is 0 Å². The molecule has 0 aliphatic heterocycles. The van der Waals surface area contributed by atoms with E-state index in [2.05, 4.69) is 46.7 Å². The van der Waals surface area contributed by atoms with Crippen molar-refractivity contribution in [3.63, 3.8) is 0 Å². The second-order valence-corrected chi connectivity index (χ2v) is 4.37. The molecule has 1 amide bonds. The summed E-state index contributed by atoms with van der Waals surface area (Å²) in [6.07, 6.45) is 5.57. The number of aryl methyl sites for hydroxylation is 2. The lowest BCUT2D eigenvalue weighted by Crippen LogP contribution is -2.10. The maximum Gasteiger partial charge on any atom is 0.224 e. The minimum Gasteiger partial charge on any atom is -0.323 e. The minimum absolute atomic E-state index is 0.0310. The highest BCUT2D eigenvalue weighted by molar-refractivity contribution is 5.90. The number of benzene rings is 1. The van der Waals surface area contributed by atoms with Crippen LogP contribution in [0.2, 0.25) is 0 Å². The molecular formula is C14H17N3O. The normalized spacial score (nSPS) is 10.3. The third-order valence-electron chi connectivity index (χ3n) is 2.77. The van der Waals surface area contributed by atoms with E-state index in [1.807, 2.05) is 0 Å². The van der Waals surface area contributed by atoms with Crippen LogP contribution in [0.5, 0.6) is 0 Å². The van der Waals surface area contributed by atoms with Gasteiger partial charge in [-0.15, -0.1) is 0 Å². The van der Waals surface area contributed by atoms with Gasteiger partial charge in [0.05, 0.1) is 11.9 Å². The fourth-order valence-electron chi connectivity index (χ4n) is 1.75. The first-order chi connectivity index (χ1) is 8.74. The molecule has 4 nitrogen and oxygen atoms in total. The van der Waals surface area contributed by atoms with Gasteiger partial charge in [0, 0.05) is 12.6 Å². The van der Waals surface area contributed by atoms with Crippen LogP contribution in [0.1, 0.15) is 24.0 Å². The number of nitrogens with zero attached hydrogens (tertiary/aromatic N) is 1. The van der Waals surface area contributed by atoms with Gasteiger partial charge in [0.25, 0.3) is 0 Å². The number of hydrogen-bond acceptors (Lipinski definition) is 2. The number of H-pyrrole nitrogens is 1. The third kappa shape index (κ3) is 3.73. The number of hydrogen-bond donors (Lipinski definition) is 2. The second kappa shape index (κ2) is 6.00. The van der Waals surface area contributed by atoms with Crippen LogP contribution in [0.15, 0.2) is 36.7 Å². The average Bonchev–Trinajstić information content (AvgIpc) is 2.84. The molecule has 0 atom stereocenters. The summed E-state index contributed by atoms with van der Waals surface area (Å²) in [6.45, 7) is 2.07. The standard InChI is InChI=1S/C14H17N3O/c1-11-5-7-12(8-6-11)3-2-4-14(18)17-13-9-15-16-10-13/h5-10H,2-4H2,1H3,(H,15,16)(H,17,18). The lowest BCUT2D eigenvalue weighted by Gasteiger charge is -2.03. The Morgan fingerprint density at radius 3 is 2.78 bits per heavy atom. The topological polar surface area (TPSA) is 57.8 Å². The Balaban J connectivity index is 1.72. The quantitative estimate of drug-likeness (QED) is 0.848. The van der Waals surface area contributed by atoms with E-state index >= 15 is 0 Å². The molecule has 94 valence electrons. The van der Waals surface area contributed by atoms with Crippen LogP contribution in [0, 0.1) is 6.92 Å². The Hall–Kier alpha value is -2.10. The first-order valence-corrected chi connectivity index (χ1v) is 6.08. The summed E-state index contributed by atoms with van der Waals surface area (Å²) >= 11 is 0. The van der Waals surface area contributed by atoms with Crippen molar-refractivity contribution >= 4 is 11.6 Å². The largest absolute Gasteiger partial charge is 0.323 e. The molecule has 18 heavy (non-hydrogen) atoms. The van der Waals surface area contributed by atoms with E-state index in [0.29, 0.717) is 6.42 Å². The Bertz CT molecular complexity index is 488. The summed E-state index contributed by atoms with van der Waals surface area (Å²) in [5.74, 6) is 0.0310. The highest BCUT2D eigenvalue weighted by Gasteiger charge is 2.03. The molecule has 1 aromatic carbocycles. The highest BCUT2D eigenvalue weighted by Crippen LogP contribution is 2.08. The minimum atomic E-state index is 0.0310. The van der Waals surface area contributed by atoms with Crippen molar-refractivity contribution in [1.82, 2.24) is 10.2 Å². The molecule has 1 heterocycles. The number of carbonyl (C=O) groups is 1. The van der Waals surface area contributed by atoms with Crippen LogP contribution in [0.3, 0.4) is 0 Å². The summed E-state index contributed by atoms with van der Waals surface area (Å²) < 4.78 is 0. The van der Waals surface area contributed by atoms with Crippen molar-refractivity contribution in [2.24, 2.45) is 0 Å². The molecule has 4 heteroatoms. The molecule has 0 saturated carbocycles. The summed E-state index contributed by atoms with van der Waals surface area (Å²) in [5, 5.41) is 9.21. The third-order valence-corrected chi connectivity index (χ3v) is 2.77. The van der Waals surface area contributed by atoms with Gasteiger partial charge in [0.2, 0.25) is 5.91 Å². The molecule has 2 rings (SSSR count). The predicted octanol–water partition coefficient (Wildman–Crippen LogP) is 2.68. The molecule has 2 aromatic rings. The monoisotopic (exact) mass is 243 g/mol. The van der Waals surface area contributed by atoms with Gasteiger partial charge in [-0.05, 0) is 25.3 Å². The fraction of sp³-hybridized carbons (Fsp3) is 0.286. The lowest BCUT2D eigenvalue weighted by molar-refractivity contribution is -0.116. The molecule has 0 aliphatic carbocycles. The molecular weight excluding hydrogens is 226 g/mol. The van der Waals surface area contributed by atoms with Gasteiger partial charge in [-0.3, -0.25) is 9.89 Å². The van der Waals surface area contributed by atoms with Crippen LogP contribution < -0.4 is 5.32 Å². The van der Waals surface area contributed by atoms with Crippen LogP contribution in [0.25, 0.3) is 0 Å². The maximum absolute atomic E-state index is 11.6. The van der Waals surface area contributed by atoms with E-state index in [1.165, 1.54) is 11.1 Å². The van der Waals surface area contributed by atoms with Gasteiger partial charge in [-0.25, -0.2) is 0 Å². The zero-order valence-electron chi connectivity index (χ0n) is 10.4. The van der Waals surface area contributed by atoms with Crippen molar-refractivity contribution in [3.8, 4) is 0 Å². The Morgan fingerprint density at radius 1 is 1.33 bits per heavy atom. The predicted molar refractivity (Wildman–Crippen MR) is 71.3 cm³/mol. The number of nitrogens with one attached hydrogen (secondary N) is 2. The molecule has 2 N–H and O–H groups in total. The fourth-order valence-corrected chi connectivity index (χ4v) is 1.75. The summed E-state index contributed by atoms with van der Waals surface area (Å²) in [4.78, 5) is 11.6. The van der Waals surface area contributed by atoms with E-state index < -0.39 is 0 Å². The van der Waals surface area contributed by atoms with Crippen molar-refractivity contribution in [2.45, 2.75) is 26.2 Å². The number of amides is 1. The van der Waals surface area contributed by atoms with E-state index in [0.717, 1.165) is 18.5 Å². The van der Waals surface area contributed by atoms with Crippen LogP contribution in [0.4, 0.5) is 5.69 Å². The highest BCUT2D eigenvalue weighted by atomic mass is 16.1. The van der Waals surface area contributed by atoms with E-state index in [-0.39, 0.29) is 5.91 Å². The van der Waals surface area contributed by atoms with Gasteiger partial charge in [-0.2, -0.15) is 5.10 Å². The van der Waals surface area contributed by atoms with Gasteiger partial charge in [0.15, 0.2) is 0 Å². The molecule has 1 aromatic heterocycles. The zero-order valence-corrected chi connectivity index (χ0v) is 10.4. The van der Waals surface area contributed by atoms with Crippen LogP contribution in [-0.2, 0) is 11.2 Å². The van der Waals surface area contributed by atoms with Gasteiger partial charge in [0.1, 0.15) is 0 Å². The Labute approximate surface area is 106 Å². The van der Waals surface area contributed by atoms with Crippen molar-refractivity contribution in [2.75, 3.05) is 5.32 Å². The molecule has 0 saturated heterocycles. The summed E-state index contributed by atoms with van der Waals surface area (Å²) in [6, 6.07) is 8.42. The molecule has 0 spiro atoms. The smallest absolute Gasteiger partial charge is 0.224 e. The average molecular weight is 243 g/mol. The van der Waals surface area contributed by atoms with Crippen molar-refractivity contribution in [1.29, 1.82) is 0 Å². The van der Waals surface area contributed by atoms with Gasteiger partial charge >= 0.3 is 0 Å². The molecule has 0 fully saturated rings. The van der Waals surface area contributed by atoms with E-state index in [4.69, 9.17) is 0 Å². The molecule has 0 unspecified atom stereocenters. The molecule has 0 bridgehead atoms. The summed E-state index contributed by atoms with van der Waals surface area (Å²) in [5.41, 5.74) is 3.25. The number of rotatable bonds is 5. The lowest BCUT2D eigenvalue weighted by atomic mass is 10.1. The first kappa shape index (κ1) is 12.4. The number of aromatic amines is 1. The number of anilines is 1. The second-order valence-electron chi connectivity index (χ2n) is 4.37. The van der Waals surface area contributed by atoms with Crippen molar-refractivity contribution < 1.29 is 4.79 Å². The SMILES string of the molecule is Cc1ccc(CCCC(=O)Nc2cn[nH]c2)cc1. The summed E-state index contributed by atoms with van der Waals surface area (Å²) in [7, 11) is 0. The van der Waals surface area contributed by atoms with Crippen LogP contribution in [-0.4, -0.2) is 16.1 Å². The first-order valence-electron chi connectivity index (χ1n) is 6.08. The number of carbonyl (C=O) groups excluding carboxylic acids is 1. The van der Waals surface area contributed by atoms with Gasteiger partial charge in [-0.1, -0.05) is 29.8 Å². The maximum atomic E-state index is 11.6. The zero-order chi connectivity index (χ0) is 12.8. The molecule has 0 radical (unpaired) electrons. The van der Waals surface area contributed by atoms with Crippen molar-refractivity contribution in [3.05, 3.63) is 47.8 Å². The number of aromatic nitrogens is 2. The van der Waals surface area contributed by atoms with Gasteiger partial charge < -0.3 is 5.32 Å². The molecule has 0 aliphatic rings.